The van der Waals surface area contributed by atoms with Gasteiger partial charge in [0.05, 0.1) is 12.5 Å². The number of halogens is 3. The largest absolute Gasteiger partial charge is 0.394 e. The Morgan fingerprint density at radius 3 is 2.12 bits per heavy atom. The quantitative estimate of drug-likeness (QED) is 0.501. The van der Waals surface area contributed by atoms with Gasteiger partial charge in [0.25, 0.3) is 0 Å². The summed E-state index contributed by atoms with van der Waals surface area (Å²) in [5.41, 5.74) is 0. The van der Waals surface area contributed by atoms with Crippen LogP contribution in [0, 0.1) is 5.92 Å². The molecule has 0 aromatic rings. The Kier molecular flexibility index (Phi) is 9.60. The summed E-state index contributed by atoms with van der Waals surface area (Å²) >= 11 is 0. The van der Waals surface area contributed by atoms with Crippen LogP contribution in [0.25, 0.3) is 0 Å². The molecular formula is C13H25F3O. The van der Waals surface area contributed by atoms with Crippen LogP contribution in [-0.4, -0.2) is 19.4 Å². The first-order valence-electron chi connectivity index (χ1n) is 6.66. The molecule has 0 fully saturated rings. The highest BCUT2D eigenvalue weighted by molar-refractivity contribution is 4.67. The highest BCUT2D eigenvalue weighted by Crippen LogP contribution is 2.30. The second-order valence-corrected chi connectivity index (χ2v) is 4.52. The molecule has 0 bridgehead atoms. The van der Waals surface area contributed by atoms with Gasteiger partial charge in [0.1, 0.15) is 0 Å². The highest BCUT2D eigenvalue weighted by atomic mass is 19.4. The van der Waals surface area contributed by atoms with E-state index in [0.29, 0.717) is 13.0 Å². The summed E-state index contributed by atoms with van der Waals surface area (Å²) in [5, 5.41) is 0. The van der Waals surface area contributed by atoms with Crippen molar-refractivity contribution in [2.45, 2.75) is 65.0 Å². The van der Waals surface area contributed by atoms with Crippen LogP contribution >= 0.6 is 0 Å². The lowest BCUT2D eigenvalue weighted by Crippen LogP contribution is -2.27. The van der Waals surface area contributed by atoms with Crippen LogP contribution in [0.2, 0.25) is 0 Å². The monoisotopic (exact) mass is 254 g/mol. The molecule has 0 spiro atoms. The van der Waals surface area contributed by atoms with E-state index in [0.717, 1.165) is 32.1 Å². The number of ether oxygens (including phenoxy) is 1. The highest BCUT2D eigenvalue weighted by Gasteiger charge is 2.38. The fraction of sp³-hybridized carbons (Fsp3) is 1.00. The summed E-state index contributed by atoms with van der Waals surface area (Å²) < 4.78 is 42.9. The van der Waals surface area contributed by atoms with Gasteiger partial charge in [0.2, 0.25) is 0 Å². The van der Waals surface area contributed by atoms with E-state index in [9.17, 15) is 13.2 Å². The first kappa shape index (κ1) is 16.8. The lowest BCUT2D eigenvalue weighted by Gasteiger charge is -2.20. The van der Waals surface area contributed by atoms with Gasteiger partial charge in [-0.2, -0.15) is 13.2 Å². The van der Waals surface area contributed by atoms with Crippen LogP contribution in [0.1, 0.15) is 58.8 Å². The van der Waals surface area contributed by atoms with Crippen LogP contribution in [0.5, 0.6) is 0 Å². The molecule has 0 aliphatic heterocycles. The van der Waals surface area contributed by atoms with Crippen molar-refractivity contribution < 1.29 is 17.9 Å². The Balaban J connectivity index is 3.69. The average Bonchev–Trinajstić information content (AvgIpc) is 2.25. The zero-order chi connectivity index (χ0) is 13.1. The van der Waals surface area contributed by atoms with Gasteiger partial charge < -0.3 is 4.74 Å². The summed E-state index contributed by atoms with van der Waals surface area (Å²) in [4.78, 5) is 0. The molecule has 1 nitrogen and oxygen atoms in total. The topological polar surface area (TPSA) is 9.23 Å². The number of unbranched alkanes of at least 4 members (excludes halogenated alkanes) is 4. The van der Waals surface area contributed by atoms with Gasteiger partial charge in [-0.1, -0.05) is 46.0 Å². The van der Waals surface area contributed by atoms with E-state index < -0.39 is 12.1 Å². The molecule has 0 saturated heterocycles. The van der Waals surface area contributed by atoms with Crippen LogP contribution in [0.15, 0.2) is 0 Å². The molecule has 0 aromatic heterocycles. The van der Waals surface area contributed by atoms with Gasteiger partial charge in [0, 0.05) is 6.61 Å². The maximum absolute atomic E-state index is 12.6. The number of alkyl halides is 3. The molecule has 0 heterocycles. The predicted molar refractivity (Wildman–Crippen MR) is 64.0 cm³/mol. The predicted octanol–water partition coefficient (Wildman–Crippen LogP) is 4.95. The second-order valence-electron chi connectivity index (χ2n) is 4.52. The van der Waals surface area contributed by atoms with Crippen LogP contribution in [-0.2, 0) is 4.74 Å². The van der Waals surface area contributed by atoms with Gasteiger partial charge in [-0.25, -0.2) is 0 Å². The van der Waals surface area contributed by atoms with Crippen LogP contribution in [0.3, 0.4) is 0 Å². The number of hydrogen-bond acceptors (Lipinski definition) is 1. The summed E-state index contributed by atoms with van der Waals surface area (Å²) in [6.45, 7) is 4.29. The third-order valence-corrected chi connectivity index (χ3v) is 2.83. The molecule has 104 valence electrons. The molecule has 0 N–H and O–H groups in total. The van der Waals surface area contributed by atoms with Gasteiger partial charge in [-0.15, -0.1) is 0 Å². The zero-order valence-corrected chi connectivity index (χ0v) is 11.0. The van der Waals surface area contributed by atoms with E-state index in [4.69, 9.17) is 4.74 Å². The second kappa shape index (κ2) is 9.75. The van der Waals surface area contributed by atoms with Crippen molar-refractivity contribution in [3.8, 4) is 0 Å². The molecule has 4 heteroatoms. The van der Waals surface area contributed by atoms with Crippen molar-refractivity contribution >= 4 is 0 Å². The van der Waals surface area contributed by atoms with Crippen molar-refractivity contribution in [1.82, 2.24) is 0 Å². The molecule has 1 unspecified atom stereocenters. The molecule has 0 radical (unpaired) electrons. The van der Waals surface area contributed by atoms with Crippen LogP contribution < -0.4 is 0 Å². The Hall–Kier alpha value is -0.250. The van der Waals surface area contributed by atoms with Gasteiger partial charge in [0.15, 0.2) is 0 Å². The summed E-state index contributed by atoms with van der Waals surface area (Å²) in [7, 11) is 0. The lowest BCUT2D eigenvalue weighted by molar-refractivity contribution is -0.190. The van der Waals surface area contributed by atoms with E-state index in [1.165, 1.54) is 0 Å². The van der Waals surface area contributed by atoms with E-state index in [2.05, 4.69) is 6.92 Å². The van der Waals surface area contributed by atoms with Gasteiger partial charge in [-0.05, 0) is 12.8 Å². The molecule has 0 aromatic carbocycles. The maximum Gasteiger partial charge on any atom is 0.394 e. The molecule has 0 saturated carbocycles. The molecule has 0 amide bonds. The SMILES string of the molecule is CCCCCCOCC(CCCC)C(F)(F)F. The minimum atomic E-state index is -4.11. The average molecular weight is 254 g/mol. The smallest absolute Gasteiger partial charge is 0.381 e. The third-order valence-electron chi connectivity index (χ3n) is 2.83. The molecule has 0 aliphatic rings. The minimum Gasteiger partial charge on any atom is -0.381 e. The summed E-state index contributed by atoms with van der Waals surface area (Å²) in [5.74, 6) is -1.28. The molecule has 1 atom stereocenters. The fourth-order valence-corrected chi connectivity index (χ4v) is 1.65. The van der Waals surface area contributed by atoms with Crippen LogP contribution in [0.4, 0.5) is 13.2 Å². The van der Waals surface area contributed by atoms with Gasteiger partial charge in [-0.3, -0.25) is 0 Å². The summed E-state index contributed by atoms with van der Waals surface area (Å²) in [6.07, 6.45) is 1.65. The van der Waals surface area contributed by atoms with Crippen molar-refractivity contribution in [1.29, 1.82) is 0 Å². The zero-order valence-electron chi connectivity index (χ0n) is 11.0. The third kappa shape index (κ3) is 9.45. The minimum absolute atomic E-state index is 0.171. The van der Waals surface area contributed by atoms with Crippen molar-refractivity contribution in [2.75, 3.05) is 13.2 Å². The number of rotatable bonds is 10. The van der Waals surface area contributed by atoms with E-state index in [1.54, 1.807) is 0 Å². The van der Waals surface area contributed by atoms with E-state index in [1.807, 2.05) is 6.92 Å². The van der Waals surface area contributed by atoms with E-state index >= 15 is 0 Å². The van der Waals surface area contributed by atoms with E-state index in [-0.39, 0.29) is 13.0 Å². The first-order chi connectivity index (χ1) is 8.02. The fourth-order valence-electron chi connectivity index (χ4n) is 1.65. The first-order valence-corrected chi connectivity index (χ1v) is 6.66. The molecule has 0 rings (SSSR count). The summed E-state index contributed by atoms with van der Waals surface area (Å²) in [6, 6.07) is 0. The Labute approximate surface area is 103 Å². The Morgan fingerprint density at radius 1 is 0.941 bits per heavy atom. The van der Waals surface area contributed by atoms with Crippen molar-refractivity contribution in [2.24, 2.45) is 5.92 Å². The molecule has 0 aliphatic carbocycles. The van der Waals surface area contributed by atoms with Crippen molar-refractivity contribution in [3.63, 3.8) is 0 Å². The Morgan fingerprint density at radius 2 is 1.59 bits per heavy atom. The normalized spacial score (nSPS) is 13.9. The molecular weight excluding hydrogens is 229 g/mol. The Bertz CT molecular complexity index is 169. The standard InChI is InChI=1S/C13H25F3O/c1-3-5-7-8-10-17-11-12(9-6-4-2)13(14,15)16/h12H,3-11H2,1-2H3. The molecule has 17 heavy (non-hydrogen) atoms. The maximum atomic E-state index is 12.6. The number of hydrogen-bond donors (Lipinski definition) is 0. The van der Waals surface area contributed by atoms with Crippen molar-refractivity contribution in [3.05, 3.63) is 0 Å². The van der Waals surface area contributed by atoms with Gasteiger partial charge >= 0.3 is 6.18 Å². The lowest BCUT2D eigenvalue weighted by atomic mass is 10.0.